The molecule has 7 heteroatoms. The van der Waals surface area contributed by atoms with Crippen molar-refractivity contribution in [2.45, 2.75) is 17.6 Å². The second kappa shape index (κ2) is 8.49. The molecule has 1 aromatic carbocycles. The van der Waals surface area contributed by atoms with Gasteiger partial charge in [-0.25, -0.2) is 9.59 Å². The van der Waals surface area contributed by atoms with Crippen LogP contribution in [0.25, 0.3) is 0 Å². The zero-order valence-corrected chi connectivity index (χ0v) is 15.4. The first-order valence-electron chi connectivity index (χ1n) is 7.84. The maximum absolute atomic E-state index is 12.1. The molecule has 0 unspecified atom stereocenters. The molecule has 0 saturated carbocycles. The number of rotatable bonds is 5. The van der Waals surface area contributed by atoms with E-state index in [1.807, 2.05) is 35.7 Å². The molecule has 0 amide bonds. The van der Waals surface area contributed by atoms with Crippen LogP contribution in [0.2, 0.25) is 0 Å². The standard InChI is InChI=1S/C18H18O5S2/c1-21-17(20)15-8-7-14(23-15)11-22-16(19)12-3-5-13(6-4-12)18-24-9-2-10-25-18/h3-8,18H,2,9-11H2,1H3. The lowest BCUT2D eigenvalue weighted by Gasteiger charge is -2.21. The fourth-order valence-corrected chi connectivity index (χ4v) is 5.24. The predicted molar refractivity (Wildman–Crippen MR) is 97.9 cm³/mol. The molecule has 1 aliphatic heterocycles. The van der Waals surface area contributed by atoms with Gasteiger partial charge in [-0.3, -0.25) is 0 Å². The largest absolute Gasteiger partial charge is 0.463 e. The molecule has 1 aromatic heterocycles. The van der Waals surface area contributed by atoms with Crippen molar-refractivity contribution >= 4 is 35.5 Å². The van der Waals surface area contributed by atoms with Crippen LogP contribution < -0.4 is 0 Å². The van der Waals surface area contributed by atoms with Crippen molar-refractivity contribution in [2.24, 2.45) is 0 Å². The Morgan fingerprint density at radius 1 is 1.08 bits per heavy atom. The zero-order chi connectivity index (χ0) is 17.6. The first-order valence-corrected chi connectivity index (χ1v) is 9.94. The van der Waals surface area contributed by atoms with Gasteiger partial charge in [-0.2, -0.15) is 0 Å². The summed E-state index contributed by atoms with van der Waals surface area (Å²) in [5, 5.41) is 0. The molecule has 1 saturated heterocycles. The maximum Gasteiger partial charge on any atom is 0.373 e. The van der Waals surface area contributed by atoms with Gasteiger partial charge in [0.15, 0.2) is 0 Å². The van der Waals surface area contributed by atoms with Crippen LogP contribution in [0.3, 0.4) is 0 Å². The van der Waals surface area contributed by atoms with Gasteiger partial charge in [0.1, 0.15) is 12.4 Å². The first-order chi connectivity index (χ1) is 12.2. The lowest BCUT2D eigenvalue weighted by Crippen LogP contribution is -2.06. The number of hydrogen-bond donors (Lipinski definition) is 0. The molecule has 0 radical (unpaired) electrons. The maximum atomic E-state index is 12.1. The number of thioether (sulfide) groups is 2. The van der Waals surface area contributed by atoms with Crippen LogP contribution in [0.1, 0.15) is 43.2 Å². The molecule has 0 aliphatic carbocycles. The topological polar surface area (TPSA) is 65.7 Å². The highest BCUT2D eigenvalue weighted by molar-refractivity contribution is 8.16. The Kier molecular flexibility index (Phi) is 6.09. The summed E-state index contributed by atoms with van der Waals surface area (Å²) >= 11 is 3.88. The SMILES string of the molecule is COC(=O)c1ccc(COC(=O)c2ccc(C3SCCCS3)cc2)o1. The van der Waals surface area contributed by atoms with Gasteiger partial charge in [0.05, 0.1) is 17.3 Å². The van der Waals surface area contributed by atoms with Crippen molar-refractivity contribution in [3.8, 4) is 0 Å². The Morgan fingerprint density at radius 2 is 1.80 bits per heavy atom. The monoisotopic (exact) mass is 378 g/mol. The summed E-state index contributed by atoms with van der Waals surface area (Å²) in [7, 11) is 1.28. The summed E-state index contributed by atoms with van der Waals surface area (Å²) in [5.74, 6) is 1.84. The van der Waals surface area contributed by atoms with Crippen LogP contribution in [0.15, 0.2) is 40.8 Å². The van der Waals surface area contributed by atoms with E-state index in [2.05, 4.69) is 4.74 Å². The molecule has 0 atom stereocenters. The summed E-state index contributed by atoms with van der Waals surface area (Å²) in [6, 6.07) is 10.6. The van der Waals surface area contributed by atoms with Crippen LogP contribution in [0.4, 0.5) is 0 Å². The summed E-state index contributed by atoms with van der Waals surface area (Å²) < 4.78 is 15.5. The quantitative estimate of drug-likeness (QED) is 0.719. The highest BCUT2D eigenvalue weighted by atomic mass is 32.2. The molecule has 3 rings (SSSR count). The fourth-order valence-electron chi connectivity index (χ4n) is 2.34. The first kappa shape index (κ1) is 17.9. The van der Waals surface area contributed by atoms with E-state index in [1.165, 1.54) is 36.7 Å². The number of ether oxygens (including phenoxy) is 2. The van der Waals surface area contributed by atoms with Crippen LogP contribution in [-0.4, -0.2) is 30.6 Å². The second-order valence-corrected chi connectivity index (χ2v) is 8.11. The Balaban J connectivity index is 1.56. The van der Waals surface area contributed by atoms with E-state index in [-0.39, 0.29) is 12.4 Å². The second-order valence-electron chi connectivity index (χ2n) is 5.38. The minimum atomic E-state index is -0.563. The lowest BCUT2D eigenvalue weighted by molar-refractivity contribution is 0.0438. The number of esters is 2. The average molecular weight is 378 g/mol. The van der Waals surface area contributed by atoms with Crippen LogP contribution >= 0.6 is 23.5 Å². The van der Waals surface area contributed by atoms with Gasteiger partial charge in [-0.05, 0) is 47.8 Å². The molecule has 2 heterocycles. The number of benzene rings is 1. The van der Waals surface area contributed by atoms with Gasteiger partial charge in [0.25, 0.3) is 0 Å². The third-order valence-corrected chi connectivity index (χ3v) is 6.65. The number of hydrogen-bond acceptors (Lipinski definition) is 7. The Morgan fingerprint density at radius 3 is 2.48 bits per heavy atom. The molecule has 0 bridgehead atoms. The van der Waals surface area contributed by atoms with Gasteiger partial charge < -0.3 is 13.9 Å². The molecule has 1 aliphatic rings. The number of furan rings is 1. The van der Waals surface area contributed by atoms with E-state index in [4.69, 9.17) is 9.15 Å². The highest BCUT2D eigenvalue weighted by Gasteiger charge is 2.17. The number of methoxy groups -OCH3 is 1. The van der Waals surface area contributed by atoms with E-state index < -0.39 is 11.9 Å². The Hall–Kier alpha value is -1.86. The van der Waals surface area contributed by atoms with Crippen LogP contribution in [0.5, 0.6) is 0 Å². The van der Waals surface area contributed by atoms with E-state index >= 15 is 0 Å². The van der Waals surface area contributed by atoms with Gasteiger partial charge in [-0.15, -0.1) is 23.5 Å². The molecule has 2 aromatic rings. The van der Waals surface area contributed by atoms with E-state index in [0.717, 1.165) is 0 Å². The molecule has 25 heavy (non-hydrogen) atoms. The zero-order valence-electron chi connectivity index (χ0n) is 13.7. The van der Waals surface area contributed by atoms with Crippen molar-refractivity contribution in [2.75, 3.05) is 18.6 Å². The van der Waals surface area contributed by atoms with Crippen LogP contribution in [-0.2, 0) is 16.1 Å². The van der Waals surface area contributed by atoms with Gasteiger partial charge in [0.2, 0.25) is 5.76 Å². The Bertz CT molecular complexity index is 732. The van der Waals surface area contributed by atoms with Crippen molar-refractivity contribution in [3.63, 3.8) is 0 Å². The summed E-state index contributed by atoms with van der Waals surface area (Å²) in [5.41, 5.74) is 1.72. The van der Waals surface area contributed by atoms with E-state index in [9.17, 15) is 9.59 Å². The number of carbonyl (C=O) groups is 2. The highest BCUT2D eigenvalue weighted by Crippen LogP contribution is 2.43. The van der Waals surface area contributed by atoms with Gasteiger partial charge >= 0.3 is 11.9 Å². The molecule has 132 valence electrons. The summed E-state index contributed by atoms with van der Waals surface area (Å²) in [4.78, 5) is 23.5. The Labute approximate surface area is 154 Å². The van der Waals surface area contributed by atoms with E-state index in [0.29, 0.717) is 15.9 Å². The third kappa shape index (κ3) is 4.61. The average Bonchev–Trinajstić information content (AvgIpc) is 3.15. The molecular weight excluding hydrogens is 360 g/mol. The molecule has 0 spiro atoms. The van der Waals surface area contributed by atoms with Gasteiger partial charge in [-0.1, -0.05) is 12.1 Å². The van der Waals surface area contributed by atoms with Crippen molar-refractivity contribution in [1.82, 2.24) is 0 Å². The fraction of sp³-hybridized carbons (Fsp3) is 0.333. The molecule has 0 N–H and O–H groups in total. The van der Waals surface area contributed by atoms with E-state index in [1.54, 1.807) is 18.2 Å². The van der Waals surface area contributed by atoms with Gasteiger partial charge in [0, 0.05) is 0 Å². The minimum absolute atomic E-state index is 0.0358. The summed E-state index contributed by atoms with van der Waals surface area (Å²) in [6.45, 7) is -0.0358. The molecule has 1 fully saturated rings. The third-order valence-electron chi connectivity index (χ3n) is 3.64. The molecular formula is C18H18O5S2. The van der Waals surface area contributed by atoms with Crippen molar-refractivity contribution < 1.29 is 23.5 Å². The molecule has 5 nitrogen and oxygen atoms in total. The van der Waals surface area contributed by atoms with Crippen molar-refractivity contribution in [3.05, 3.63) is 59.0 Å². The van der Waals surface area contributed by atoms with Crippen molar-refractivity contribution in [1.29, 1.82) is 0 Å². The normalized spacial score (nSPS) is 14.9. The lowest BCUT2D eigenvalue weighted by atomic mass is 10.1. The minimum Gasteiger partial charge on any atom is -0.463 e. The number of carbonyl (C=O) groups excluding carboxylic acids is 2. The smallest absolute Gasteiger partial charge is 0.373 e. The van der Waals surface area contributed by atoms with Crippen LogP contribution in [0, 0.1) is 0 Å². The predicted octanol–water partition coefficient (Wildman–Crippen LogP) is 4.29. The summed E-state index contributed by atoms with van der Waals surface area (Å²) in [6.07, 6.45) is 1.25.